The van der Waals surface area contributed by atoms with E-state index < -0.39 is 0 Å². The van der Waals surface area contributed by atoms with Gasteiger partial charge >= 0.3 is 0 Å². The second kappa shape index (κ2) is 4.35. The minimum Gasteiger partial charge on any atom is -0.495 e. The maximum Gasteiger partial charge on any atom is 0.228 e. The zero-order chi connectivity index (χ0) is 11.5. The zero-order valence-corrected chi connectivity index (χ0v) is 9.08. The van der Waals surface area contributed by atoms with Crippen molar-refractivity contribution in [2.75, 3.05) is 12.4 Å². The second-order valence-corrected chi connectivity index (χ2v) is 3.76. The molecular weight excluding hydrogens is 206 g/mol. The molecule has 0 spiro atoms. The summed E-state index contributed by atoms with van der Waals surface area (Å²) in [5, 5.41) is 2.77. The molecule has 84 valence electrons. The standard InChI is InChI=1S/C12H13NO3/c1-16-10-6-8(3-2-4-14)5-9-7-11(15)13-12(9)10/h4-6H,2-3,7H2,1H3,(H,13,15). The largest absolute Gasteiger partial charge is 0.495 e. The third kappa shape index (κ3) is 1.91. The number of benzene rings is 1. The normalized spacial score (nSPS) is 13.2. The molecule has 4 nitrogen and oxygen atoms in total. The Morgan fingerprint density at radius 1 is 1.50 bits per heavy atom. The molecule has 1 aromatic carbocycles. The molecule has 1 aromatic rings. The van der Waals surface area contributed by atoms with Crippen molar-refractivity contribution in [3.8, 4) is 5.75 Å². The minimum atomic E-state index is -0.0131. The molecule has 0 bridgehead atoms. The van der Waals surface area contributed by atoms with Crippen molar-refractivity contribution in [1.29, 1.82) is 0 Å². The van der Waals surface area contributed by atoms with Gasteiger partial charge in [-0.05, 0) is 23.6 Å². The Balaban J connectivity index is 2.34. The van der Waals surface area contributed by atoms with Gasteiger partial charge < -0.3 is 14.8 Å². The molecule has 16 heavy (non-hydrogen) atoms. The summed E-state index contributed by atoms with van der Waals surface area (Å²) in [4.78, 5) is 21.6. The number of fused-ring (bicyclic) bond motifs is 1. The van der Waals surface area contributed by atoms with Crippen molar-refractivity contribution in [3.05, 3.63) is 23.3 Å². The van der Waals surface area contributed by atoms with Crippen LogP contribution in [0.1, 0.15) is 17.5 Å². The fourth-order valence-corrected chi connectivity index (χ4v) is 1.91. The lowest BCUT2D eigenvalue weighted by atomic mass is 10.0. The molecule has 4 heteroatoms. The Morgan fingerprint density at radius 2 is 2.31 bits per heavy atom. The number of hydrogen-bond donors (Lipinski definition) is 1. The molecule has 0 saturated heterocycles. The lowest BCUT2D eigenvalue weighted by Crippen LogP contribution is -2.04. The van der Waals surface area contributed by atoms with Gasteiger partial charge in [0.05, 0.1) is 19.2 Å². The van der Waals surface area contributed by atoms with Gasteiger partial charge in [0, 0.05) is 6.42 Å². The zero-order valence-electron chi connectivity index (χ0n) is 9.08. The number of amides is 1. The summed E-state index contributed by atoms with van der Waals surface area (Å²) < 4.78 is 5.22. The van der Waals surface area contributed by atoms with E-state index in [4.69, 9.17) is 4.74 Å². The molecular formula is C12H13NO3. The number of carbonyl (C=O) groups excluding carboxylic acids is 2. The molecule has 0 fully saturated rings. The van der Waals surface area contributed by atoms with Gasteiger partial charge in [-0.25, -0.2) is 0 Å². The van der Waals surface area contributed by atoms with Gasteiger partial charge in [-0.3, -0.25) is 4.79 Å². The molecule has 0 saturated carbocycles. The van der Waals surface area contributed by atoms with Crippen LogP contribution in [-0.2, 0) is 22.4 Å². The molecule has 0 atom stereocenters. The maximum atomic E-state index is 11.3. The summed E-state index contributed by atoms with van der Waals surface area (Å²) in [6, 6.07) is 3.83. The number of ether oxygens (including phenoxy) is 1. The van der Waals surface area contributed by atoms with Crippen molar-refractivity contribution in [2.24, 2.45) is 0 Å². The van der Waals surface area contributed by atoms with Crippen molar-refractivity contribution >= 4 is 17.9 Å². The van der Waals surface area contributed by atoms with Crippen LogP contribution in [0.3, 0.4) is 0 Å². The van der Waals surface area contributed by atoms with Crippen LogP contribution >= 0.6 is 0 Å². The minimum absolute atomic E-state index is 0.0131. The summed E-state index contributed by atoms with van der Waals surface area (Å²) >= 11 is 0. The van der Waals surface area contributed by atoms with Gasteiger partial charge in [-0.2, -0.15) is 0 Å². The summed E-state index contributed by atoms with van der Waals surface area (Å²) in [6.07, 6.45) is 2.45. The lowest BCUT2D eigenvalue weighted by molar-refractivity contribution is -0.115. The molecule has 1 heterocycles. The quantitative estimate of drug-likeness (QED) is 0.777. The van der Waals surface area contributed by atoms with E-state index in [9.17, 15) is 9.59 Å². The van der Waals surface area contributed by atoms with E-state index in [1.807, 2.05) is 12.1 Å². The summed E-state index contributed by atoms with van der Waals surface area (Å²) in [5.74, 6) is 0.657. The van der Waals surface area contributed by atoms with E-state index in [-0.39, 0.29) is 5.91 Å². The molecule has 0 radical (unpaired) electrons. The lowest BCUT2D eigenvalue weighted by Gasteiger charge is -2.09. The van der Waals surface area contributed by atoms with Crippen molar-refractivity contribution < 1.29 is 14.3 Å². The Morgan fingerprint density at radius 3 is 3.00 bits per heavy atom. The van der Waals surface area contributed by atoms with Crippen LogP contribution in [0.25, 0.3) is 0 Å². The van der Waals surface area contributed by atoms with E-state index in [1.54, 1.807) is 7.11 Å². The number of aldehydes is 1. The fourth-order valence-electron chi connectivity index (χ4n) is 1.91. The second-order valence-electron chi connectivity index (χ2n) is 3.76. The molecule has 0 unspecified atom stereocenters. The van der Waals surface area contributed by atoms with E-state index >= 15 is 0 Å². The van der Waals surface area contributed by atoms with Crippen molar-refractivity contribution in [1.82, 2.24) is 0 Å². The number of rotatable bonds is 4. The van der Waals surface area contributed by atoms with Gasteiger partial charge in [0.1, 0.15) is 12.0 Å². The predicted molar refractivity (Wildman–Crippen MR) is 59.7 cm³/mol. The van der Waals surface area contributed by atoms with E-state index in [0.29, 0.717) is 25.0 Å². The van der Waals surface area contributed by atoms with E-state index in [0.717, 1.165) is 23.1 Å². The molecule has 1 aliphatic heterocycles. The van der Waals surface area contributed by atoms with Crippen LogP contribution < -0.4 is 10.1 Å². The van der Waals surface area contributed by atoms with Gasteiger partial charge in [0.15, 0.2) is 0 Å². The van der Waals surface area contributed by atoms with Crippen LogP contribution in [0.5, 0.6) is 5.75 Å². The third-order valence-corrected chi connectivity index (χ3v) is 2.63. The highest BCUT2D eigenvalue weighted by atomic mass is 16.5. The Bertz CT molecular complexity index is 440. The van der Waals surface area contributed by atoms with Gasteiger partial charge in [0.25, 0.3) is 0 Å². The number of aryl methyl sites for hydroxylation is 1. The summed E-state index contributed by atoms with van der Waals surface area (Å²) in [5.41, 5.74) is 2.74. The molecule has 1 amide bonds. The van der Waals surface area contributed by atoms with Gasteiger partial charge in [0.2, 0.25) is 5.91 Å². The first-order valence-electron chi connectivity index (χ1n) is 5.18. The molecule has 1 aliphatic rings. The number of carbonyl (C=O) groups is 2. The number of hydrogen-bond acceptors (Lipinski definition) is 3. The van der Waals surface area contributed by atoms with E-state index in [2.05, 4.69) is 5.32 Å². The van der Waals surface area contributed by atoms with Crippen LogP contribution in [0.15, 0.2) is 12.1 Å². The molecule has 2 rings (SSSR count). The Labute approximate surface area is 93.6 Å². The van der Waals surface area contributed by atoms with E-state index in [1.165, 1.54) is 0 Å². The first kappa shape index (κ1) is 10.7. The van der Waals surface area contributed by atoms with Crippen LogP contribution in [0.4, 0.5) is 5.69 Å². The highest BCUT2D eigenvalue weighted by molar-refractivity contribution is 6.01. The highest BCUT2D eigenvalue weighted by Crippen LogP contribution is 2.34. The van der Waals surface area contributed by atoms with Crippen molar-refractivity contribution in [3.63, 3.8) is 0 Å². The number of nitrogens with one attached hydrogen (secondary N) is 1. The van der Waals surface area contributed by atoms with Crippen molar-refractivity contribution in [2.45, 2.75) is 19.3 Å². The average Bonchev–Trinajstić information content (AvgIpc) is 2.65. The monoisotopic (exact) mass is 219 g/mol. The molecule has 0 aliphatic carbocycles. The summed E-state index contributed by atoms with van der Waals surface area (Å²) in [6.45, 7) is 0. The topological polar surface area (TPSA) is 55.4 Å². The van der Waals surface area contributed by atoms with Crippen LogP contribution in [-0.4, -0.2) is 19.3 Å². The molecule has 1 N–H and O–H groups in total. The highest BCUT2D eigenvalue weighted by Gasteiger charge is 2.22. The SMILES string of the molecule is COc1cc(CCC=O)cc2c1NC(=O)C2. The number of methoxy groups -OCH3 is 1. The first-order valence-corrected chi connectivity index (χ1v) is 5.18. The molecule has 0 aromatic heterocycles. The first-order chi connectivity index (χ1) is 7.74. The maximum absolute atomic E-state index is 11.3. The Hall–Kier alpha value is -1.84. The van der Waals surface area contributed by atoms with Gasteiger partial charge in [-0.1, -0.05) is 6.07 Å². The van der Waals surface area contributed by atoms with Crippen LogP contribution in [0.2, 0.25) is 0 Å². The third-order valence-electron chi connectivity index (χ3n) is 2.63. The van der Waals surface area contributed by atoms with Crippen LogP contribution in [0, 0.1) is 0 Å². The number of anilines is 1. The summed E-state index contributed by atoms with van der Waals surface area (Å²) in [7, 11) is 1.57. The average molecular weight is 219 g/mol. The van der Waals surface area contributed by atoms with Gasteiger partial charge in [-0.15, -0.1) is 0 Å². The Kier molecular flexibility index (Phi) is 2.90. The predicted octanol–water partition coefficient (Wildman–Crippen LogP) is 1.32. The fraction of sp³-hybridized carbons (Fsp3) is 0.333. The smallest absolute Gasteiger partial charge is 0.228 e.